The molecule has 0 atom stereocenters. The highest BCUT2D eigenvalue weighted by Gasteiger charge is 2.12. The predicted molar refractivity (Wildman–Crippen MR) is 104 cm³/mol. The second-order valence-electron chi connectivity index (χ2n) is 6.70. The number of urea groups is 1. The fourth-order valence-electron chi connectivity index (χ4n) is 3.12. The maximum Gasteiger partial charge on any atom is 0.317 e. The molecule has 1 heterocycles. The zero-order chi connectivity index (χ0) is 19.1. The van der Waals surface area contributed by atoms with E-state index in [0.717, 1.165) is 31.9 Å². The number of nitrogens with one attached hydrogen (secondary N) is 1. The predicted octanol–water partition coefficient (Wildman–Crippen LogP) is 3.05. The maximum atomic E-state index is 13.6. The molecule has 0 spiro atoms. The van der Waals surface area contributed by atoms with E-state index < -0.39 is 0 Å². The summed E-state index contributed by atoms with van der Waals surface area (Å²) in [5.41, 5.74) is 2.86. The van der Waals surface area contributed by atoms with Gasteiger partial charge in [-0.3, -0.25) is 0 Å². The maximum absolute atomic E-state index is 13.6. The van der Waals surface area contributed by atoms with Crippen molar-refractivity contribution in [1.29, 1.82) is 0 Å². The number of halogens is 1. The molecule has 0 bridgehead atoms. The summed E-state index contributed by atoms with van der Waals surface area (Å²) in [6.45, 7) is 4.26. The van der Waals surface area contributed by atoms with Gasteiger partial charge in [0.2, 0.25) is 0 Å². The molecule has 0 aromatic heterocycles. The monoisotopic (exact) mass is 371 g/mol. The largest absolute Gasteiger partial charge is 0.378 e. The Balaban J connectivity index is 1.45. The molecule has 1 aliphatic heterocycles. The third-order valence-corrected chi connectivity index (χ3v) is 4.71. The standard InChI is InChI=1S/C21H26FN3O2/c1-24(21(26)23-11-10-18-4-2-3-5-20(18)22)16-17-6-8-19(9-7-17)25-12-14-27-15-13-25/h2-9H,10-16H2,1H3,(H,23,26). The number of amides is 2. The first-order valence-electron chi connectivity index (χ1n) is 9.27. The van der Waals surface area contributed by atoms with Gasteiger partial charge < -0.3 is 19.9 Å². The molecule has 1 saturated heterocycles. The molecule has 5 nitrogen and oxygen atoms in total. The lowest BCUT2D eigenvalue weighted by Crippen LogP contribution is -2.38. The molecule has 1 N–H and O–H groups in total. The van der Waals surface area contributed by atoms with E-state index in [4.69, 9.17) is 4.74 Å². The van der Waals surface area contributed by atoms with Crippen molar-refractivity contribution >= 4 is 11.7 Å². The van der Waals surface area contributed by atoms with Crippen LogP contribution >= 0.6 is 0 Å². The number of rotatable bonds is 6. The SMILES string of the molecule is CN(Cc1ccc(N2CCOCC2)cc1)C(=O)NCCc1ccccc1F. The minimum atomic E-state index is -0.236. The molecule has 27 heavy (non-hydrogen) atoms. The Labute approximate surface area is 159 Å². The third-order valence-electron chi connectivity index (χ3n) is 4.71. The summed E-state index contributed by atoms with van der Waals surface area (Å²) in [4.78, 5) is 16.2. The van der Waals surface area contributed by atoms with Crippen molar-refractivity contribution in [3.8, 4) is 0 Å². The molecule has 144 valence electrons. The Kier molecular flexibility index (Phi) is 6.65. The van der Waals surface area contributed by atoms with Gasteiger partial charge in [0.15, 0.2) is 0 Å². The molecule has 0 unspecified atom stereocenters. The summed E-state index contributed by atoms with van der Waals surface area (Å²) in [6.07, 6.45) is 0.473. The minimum absolute atomic E-state index is 0.163. The van der Waals surface area contributed by atoms with Gasteiger partial charge >= 0.3 is 6.03 Å². The van der Waals surface area contributed by atoms with E-state index >= 15 is 0 Å². The van der Waals surface area contributed by atoms with E-state index in [1.165, 1.54) is 11.8 Å². The summed E-state index contributed by atoms with van der Waals surface area (Å²) in [5.74, 6) is -0.236. The number of anilines is 1. The Morgan fingerprint density at radius 3 is 2.56 bits per heavy atom. The van der Waals surface area contributed by atoms with E-state index in [9.17, 15) is 9.18 Å². The average molecular weight is 371 g/mol. The number of carbonyl (C=O) groups excluding carboxylic acids is 1. The van der Waals surface area contributed by atoms with Crippen molar-refractivity contribution in [2.75, 3.05) is 44.8 Å². The highest BCUT2D eigenvalue weighted by atomic mass is 19.1. The van der Waals surface area contributed by atoms with Crippen LogP contribution in [0.3, 0.4) is 0 Å². The van der Waals surface area contributed by atoms with Crippen molar-refractivity contribution in [3.05, 3.63) is 65.5 Å². The van der Waals surface area contributed by atoms with Crippen molar-refractivity contribution in [2.24, 2.45) is 0 Å². The van der Waals surface area contributed by atoms with Crippen LogP contribution in [0.4, 0.5) is 14.9 Å². The zero-order valence-electron chi connectivity index (χ0n) is 15.7. The van der Waals surface area contributed by atoms with Crippen LogP contribution in [-0.4, -0.2) is 50.8 Å². The Hall–Kier alpha value is -2.60. The van der Waals surface area contributed by atoms with E-state index in [2.05, 4.69) is 22.3 Å². The first-order chi connectivity index (χ1) is 13.1. The van der Waals surface area contributed by atoms with E-state index in [1.54, 1.807) is 30.1 Å². The van der Waals surface area contributed by atoms with Crippen LogP contribution in [0.15, 0.2) is 48.5 Å². The Morgan fingerprint density at radius 2 is 1.85 bits per heavy atom. The first-order valence-corrected chi connectivity index (χ1v) is 9.27. The minimum Gasteiger partial charge on any atom is -0.378 e. The number of ether oxygens (including phenoxy) is 1. The molecule has 2 aromatic carbocycles. The van der Waals surface area contributed by atoms with Crippen molar-refractivity contribution < 1.29 is 13.9 Å². The van der Waals surface area contributed by atoms with Crippen molar-refractivity contribution in [1.82, 2.24) is 10.2 Å². The quantitative estimate of drug-likeness (QED) is 0.849. The molecular formula is C21H26FN3O2. The molecule has 1 aliphatic rings. The van der Waals surface area contributed by atoms with Crippen LogP contribution < -0.4 is 10.2 Å². The smallest absolute Gasteiger partial charge is 0.317 e. The van der Waals surface area contributed by atoms with Gasteiger partial charge in [-0.15, -0.1) is 0 Å². The lowest BCUT2D eigenvalue weighted by atomic mass is 10.1. The lowest BCUT2D eigenvalue weighted by Gasteiger charge is -2.29. The summed E-state index contributed by atoms with van der Waals surface area (Å²) in [5, 5.41) is 2.84. The first kappa shape index (κ1) is 19.2. The molecule has 0 aliphatic carbocycles. The van der Waals surface area contributed by atoms with Crippen LogP contribution in [0, 0.1) is 5.82 Å². The zero-order valence-corrected chi connectivity index (χ0v) is 15.7. The van der Waals surface area contributed by atoms with Gasteiger partial charge in [0.05, 0.1) is 13.2 Å². The molecular weight excluding hydrogens is 345 g/mol. The summed E-state index contributed by atoms with van der Waals surface area (Å²) in [7, 11) is 1.76. The van der Waals surface area contributed by atoms with E-state index in [1.807, 2.05) is 12.1 Å². The van der Waals surface area contributed by atoms with Gasteiger partial charge in [0.25, 0.3) is 0 Å². The number of hydrogen-bond donors (Lipinski definition) is 1. The molecule has 3 rings (SSSR count). The fraction of sp³-hybridized carbons (Fsp3) is 0.381. The highest BCUT2D eigenvalue weighted by Crippen LogP contribution is 2.17. The Morgan fingerprint density at radius 1 is 1.15 bits per heavy atom. The molecule has 0 saturated carbocycles. The van der Waals surface area contributed by atoms with Gasteiger partial charge in [0.1, 0.15) is 5.82 Å². The fourth-order valence-corrected chi connectivity index (χ4v) is 3.12. The van der Waals surface area contributed by atoms with Crippen LogP contribution in [0.1, 0.15) is 11.1 Å². The number of benzene rings is 2. The Bertz CT molecular complexity index is 745. The summed E-state index contributed by atoms with van der Waals surface area (Å²) in [6, 6.07) is 14.7. The second-order valence-corrected chi connectivity index (χ2v) is 6.70. The number of morpholine rings is 1. The summed E-state index contributed by atoms with van der Waals surface area (Å²) < 4.78 is 19.0. The van der Waals surface area contributed by atoms with Crippen LogP contribution in [0.2, 0.25) is 0 Å². The topological polar surface area (TPSA) is 44.8 Å². The van der Waals surface area contributed by atoms with E-state index in [-0.39, 0.29) is 11.8 Å². The van der Waals surface area contributed by atoms with Gasteiger partial charge in [0, 0.05) is 38.9 Å². The van der Waals surface area contributed by atoms with Gasteiger partial charge in [-0.2, -0.15) is 0 Å². The lowest BCUT2D eigenvalue weighted by molar-refractivity contribution is 0.122. The van der Waals surface area contributed by atoms with Gasteiger partial charge in [-0.1, -0.05) is 30.3 Å². The summed E-state index contributed by atoms with van der Waals surface area (Å²) >= 11 is 0. The molecule has 6 heteroatoms. The normalized spacial score (nSPS) is 14.1. The van der Waals surface area contributed by atoms with Gasteiger partial charge in [-0.25, -0.2) is 9.18 Å². The van der Waals surface area contributed by atoms with Crippen LogP contribution in [0.25, 0.3) is 0 Å². The highest BCUT2D eigenvalue weighted by molar-refractivity contribution is 5.73. The number of hydrogen-bond acceptors (Lipinski definition) is 3. The van der Waals surface area contributed by atoms with Gasteiger partial charge in [-0.05, 0) is 35.7 Å². The molecule has 1 fully saturated rings. The van der Waals surface area contributed by atoms with E-state index in [0.29, 0.717) is 25.1 Å². The van der Waals surface area contributed by atoms with Crippen LogP contribution in [0.5, 0.6) is 0 Å². The molecule has 0 radical (unpaired) electrons. The molecule has 2 aromatic rings. The van der Waals surface area contributed by atoms with Crippen molar-refractivity contribution in [3.63, 3.8) is 0 Å². The number of carbonyl (C=O) groups is 1. The molecule has 2 amide bonds. The van der Waals surface area contributed by atoms with Crippen LogP contribution in [-0.2, 0) is 17.7 Å². The average Bonchev–Trinajstić information content (AvgIpc) is 2.70. The third kappa shape index (κ3) is 5.44. The second kappa shape index (κ2) is 9.37. The number of nitrogens with zero attached hydrogens (tertiary/aromatic N) is 2. The van der Waals surface area contributed by atoms with Crippen molar-refractivity contribution in [2.45, 2.75) is 13.0 Å².